The number of unbranched alkanes of at least 4 members (excludes halogenated alkanes) is 1. The van der Waals surface area contributed by atoms with Crippen LogP contribution in [-0.2, 0) is 4.79 Å². The van der Waals surface area contributed by atoms with Crippen molar-refractivity contribution in [3.8, 4) is 11.6 Å². The lowest BCUT2D eigenvalue weighted by Crippen LogP contribution is -2.11. The third kappa shape index (κ3) is 4.55. The van der Waals surface area contributed by atoms with Crippen molar-refractivity contribution in [2.24, 2.45) is 0 Å². The summed E-state index contributed by atoms with van der Waals surface area (Å²) >= 11 is 0. The van der Waals surface area contributed by atoms with Gasteiger partial charge in [0.05, 0.1) is 11.9 Å². The number of carbonyl (C=O) groups excluding carboxylic acids is 1. The normalized spacial score (nSPS) is 10.3. The zero-order chi connectivity index (χ0) is 15.9. The van der Waals surface area contributed by atoms with Crippen molar-refractivity contribution in [2.75, 3.05) is 5.32 Å². The lowest BCUT2D eigenvalue weighted by atomic mass is 10.2. The minimum atomic E-state index is -0.273. The molecule has 1 heterocycles. The van der Waals surface area contributed by atoms with E-state index in [1.165, 1.54) is 12.3 Å². The van der Waals surface area contributed by atoms with E-state index in [0.29, 0.717) is 29.3 Å². The molecule has 116 valence electrons. The van der Waals surface area contributed by atoms with Crippen LogP contribution in [0.3, 0.4) is 0 Å². The summed E-state index contributed by atoms with van der Waals surface area (Å²) in [5.74, 6) is 0.612. The number of aromatic nitrogens is 1. The third-order valence-corrected chi connectivity index (χ3v) is 3.13. The monoisotopic (exact) mass is 302 g/mol. The van der Waals surface area contributed by atoms with Crippen LogP contribution in [0.2, 0.25) is 0 Å². The van der Waals surface area contributed by atoms with Gasteiger partial charge in [0.1, 0.15) is 11.6 Å². The lowest BCUT2D eigenvalue weighted by Gasteiger charge is -2.08. The minimum Gasteiger partial charge on any atom is -0.439 e. The molecule has 22 heavy (non-hydrogen) atoms. The predicted molar refractivity (Wildman–Crippen MR) is 83.6 cm³/mol. The molecule has 0 bridgehead atoms. The van der Waals surface area contributed by atoms with Crippen LogP contribution < -0.4 is 10.1 Å². The molecule has 1 aromatic carbocycles. The first kappa shape index (κ1) is 15.9. The van der Waals surface area contributed by atoms with E-state index >= 15 is 0 Å². The van der Waals surface area contributed by atoms with E-state index in [1.807, 2.05) is 6.92 Å². The quantitative estimate of drug-likeness (QED) is 0.857. The summed E-state index contributed by atoms with van der Waals surface area (Å²) in [5, 5.41) is 2.78. The molecule has 0 aliphatic heterocycles. The molecule has 0 unspecified atom stereocenters. The van der Waals surface area contributed by atoms with Gasteiger partial charge in [-0.1, -0.05) is 13.3 Å². The molecule has 0 spiro atoms. The number of benzene rings is 1. The van der Waals surface area contributed by atoms with Gasteiger partial charge in [-0.3, -0.25) is 4.79 Å². The van der Waals surface area contributed by atoms with Gasteiger partial charge in [0.15, 0.2) is 0 Å². The molecule has 0 radical (unpaired) electrons. The minimum absolute atomic E-state index is 0.0218. The van der Waals surface area contributed by atoms with E-state index in [9.17, 15) is 9.18 Å². The van der Waals surface area contributed by atoms with Crippen molar-refractivity contribution in [2.45, 2.75) is 33.1 Å². The number of aryl methyl sites for hydroxylation is 1. The van der Waals surface area contributed by atoms with Gasteiger partial charge in [-0.2, -0.15) is 0 Å². The maximum absolute atomic E-state index is 13.2. The number of nitrogens with one attached hydrogen (secondary N) is 1. The Bertz CT molecular complexity index is 642. The summed E-state index contributed by atoms with van der Waals surface area (Å²) < 4.78 is 18.7. The van der Waals surface area contributed by atoms with Crippen molar-refractivity contribution in [1.82, 2.24) is 4.98 Å². The molecular weight excluding hydrogens is 283 g/mol. The molecule has 1 amide bonds. The maximum Gasteiger partial charge on any atom is 0.224 e. The zero-order valence-electron chi connectivity index (χ0n) is 12.7. The molecule has 0 saturated heterocycles. The SMILES string of the molecule is CCCCC(=O)Nc1ccc(Oc2ccc(F)c(C)c2)nc1. The molecule has 2 aromatic rings. The molecule has 1 N–H and O–H groups in total. The van der Waals surface area contributed by atoms with E-state index in [2.05, 4.69) is 10.3 Å². The highest BCUT2D eigenvalue weighted by molar-refractivity contribution is 5.90. The second-order valence-electron chi connectivity index (χ2n) is 5.05. The Balaban J connectivity index is 1.96. The van der Waals surface area contributed by atoms with Crippen LogP contribution >= 0.6 is 0 Å². The smallest absolute Gasteiger partial charge is 0.224 e. The summed E-state index contributed by atoms with van der Waals surface area (Å²) in [6, 6.07) is 7.89. The summed E-state index contributed by atoms with van der Waals surface area (Å²) in [4.78, 5) is 15.7. The van der Waals surface area contributed by atoms with Gasteiger partial charge in [0.25, 0.3) is 0 Å². The Kier molecular flexibility index (Phi) is 5.47. The zero-order valence-corrected chi connectivity index (χ0v) is 12.7. The van der Waals surface area contributed by atoms with Gasteiger partial charge in [0, 0.05) is 12.5 Å². The molecule has 0 aliphatic rings. The molecule has 1 aromatic heterocycles. The van der Waals surface area contributed by atoms with Crippen LogP contribution in [0.4, 0.5) is 10.1 Å². The van der Waals surface area contributed by atoms with E-state index in [4.69, 9.17) is 4.74 Å². The fourth-order valence-electron chi connectivity index (χ4n) is 1.88. The number of nitrogens with zero attached hydrogens (tertiary/aromatic N) is 1. The van der Waals surface area contributed by atoms with Gasteiger partial charge in [0.2, 0.25) is 11.8 Å². The van der Waals surface area contributed by atoms with E-state index in [1.54, 1.807) is 31.2 Å². The van der Waals surface area contributed by atoms with Crippen LogP contribution in [0, 0.1) is 12.7 Å². The highest BCUT2D eigenvalue weighted by atomic mass is 19.1. The standard InChI is InChI=1S/C17H19FN2O2/c1-3-4-5-16(21)20-13-6-9-17(19-11-13)22-14-7-8-15(18)12(2)10-14/h6-11H,3-5H2,1-2H3,(H,20,21). The summed E-state index contributed by atoms with van der Waals surface area (Å²) in [5.41, 5.74) is 1.14. The average molecular weight is 302 g/mol. The number of amides is 1. The van der Waals surface area contributed by atoms with Crippen molar-refractivity contribution in [1.29, 1.82) is 0 Å². The molecule has 0 saturated carbocycles. The van der Waals surface area contributed by atoms with Gasteiger partial charge >= 0.3 is 0 Å². The second-order valence-corrected chi connectivity index (χ2v) is 5.05. The van der Waals surface area contributed by atoms with Gasteiger partial charge < -0.3 is 10.1 Å². The Hall–Kier alpha value is -2.43. The van der Waals surface area contributed by atoms with Crippen LogP contribution in [0.1, 0.15) is 31.7 Å². The number of pyridine rings is 1. The summed E-state index contributed by atoms with van der Waals surface area (Å²) in [6.07, 6.45) is 3.89. The second kappa shape index (κ2) is 7.54. The van der Waals surface area contributed by atoms with Crippen LogP contribution in [0.15, 0.2) is 36.5 Å². The van der Waals surface area contributed by atoms with E-state index < -0.39 is 0 Å². The lowest BCUT2D eigenvalue weighted by molar-refractivity contribution is -0.116. The van der Waals surface area contributed by atoms with Crippen LogP contribution in [0.5, 0.6) is 11.6 Å². The molecule has 0 atom stereocenters. The number of halogens is 1. The fraction of sp³-hybridized carbons (Fsp3) is 0.294. The third-order valence-electron chi connectivity index (χ3n) is 3.13. The number of carbonyl (C=O) groups is 1. The topological polar surface area (TPSA) is 51.2 Å². The Morgan fingerprint density at radius 3 is 2.77 bits per heavy atom. The Morgan fingerprint density at radius 1 is 1.32 bits per heavy atom. The van der Waals surface area contributed by atoms with E-state index in [0.717, 1.165) is 12.8 Å². The highest BCUT2D eigenvalue weighted by Crippen LogP contribution is 2.22. The van der Waals surface area contributed by atoms with Crippen molar-refractivity contribution < 1.29 is 13.9 Å². The highest BCUT2D eigenvalue weighted by Gasteiger charge is 2.05. The first-order valence-corrected chi connectivity index (χ1v) is 7.28. The van der Waals surface area contributed by atoms with Gasteiger partial charge in [-0.25, -0.2) is 9.37 Å². The number of hydrogen-bond acceptors (Lipinski definition) is 3. The summed E-state index contributed by atoms with van der Waals surface area (Å²) in [6.45, 7) is 3.71. The molecule has 2 rings (SSSR count). The van der Waals surface area contributed by atoms with Gasteiger partial charge in [-0.05, 0) is 43.2 Å². The molecule has 4 nitrogen and oxygen atoms in total. The first-order valence-electron chi connectivity index (χ1n) is 7.28. The van der Waals surface area contributed by atoms with E-state index in [-0.39, 0.29) is 11.7 Å². The molecule has 0 fully saturated rings. The van der Waals surface area contributed by atoms with Crippen LogP contribution in [0.25, 0.3) is 0 Å². The Labute approximate surface area is 129 Å². The van der Waals surface area contributed by atoms with Crippen molar-refractivity contribution in [3.05, 3.63) is 47.9 Å². The molecular formula is C17H19FN2O2. The number of hydrogen-bond donors (Lipinski definition) is 1. The van der Waals surface area contributed by atoms with Gasteiger partial charge in [-0.15, -0.1) is 0 Å². The Morgan fingerprint density at radius 2 is 2.14 bits per heavy atom. The number of rotatable bonds is 6. The van der Waals surface area contributed by atoms with Crippen LogP contribution in [-0.4, -0.2) is 10.9 Å². The number of ether oxygens (including phenoxy) is 1. The van der Waals surface area contributed by atoms with Crippen molar-refractivity contribution >= 4 is 11.6 Å². The number of anilines is 1. The maximum atomic E-state index is 13.2. The fourth-order valence-corrected chi connectivity index (χ4v) is 1.88. The predicted octanol–water partition coefficient (Wildman–Crippen LogP) is 4.45. The molecule has 0 aliphatic carbocycles. The average Bonchev–Trinajstić information content (AvgIpc) is 2.51. The van der Waals surface area contributed by atoms with Crippen molar-refractivity contribution in [3.63, 3.8) is 0 Å². The largest absolute Gasteiger partial charge is 0.439 e. The first-order chi connectivity index (χ1) is 10.6. The molecule has 5 heteroatoms. The summed E-state index contributed by atoms with van der Waals surface area (Å²) in [7, 11) is 0.